The third-order valence-electron chi connectivity index (χ3n) is 3.49. The van der Waals surface area contributed by atoms with E-state index in [1.807, 2.05) is 6.07 Å². The Bertz CT molecular complexity index is 515. The first-order valence-electron chi connectivity index (χ1n) is 7.14. The molecule has 21 heavy (non-hydrogen) atoms. The molecule has 1 aromatic rings. The summed E-state index contributed by atoms with van der Waals surface area (Å²) in [6.07, 6.45) is 2.31. The zero-order chi connectivity index (χ0) is 15.2. The summed E-state index contributed by atoms with van der Waals surface area (Å²) in [5, 5.41) is 11.7. The van der Waals surface area contributed by atoms with Gasteiger partial charge in [-0.25, -0.2) is 0 Å². The van der Waals surface area contributed by atoms with E-state index < -0.39 is 5.97 Å². The van der Waals surface area contributed by atoms with Crippen LogP contribution in [0, 0.1) is 5.92 Å². The third-order valence-corrected chi connectivity index (χ3v) is 3.49. The first-order valence-corrected chi connectivity index (χ1v) is 7.14. The molecule has 0 aromatic heterocycles. The van der Waals surface area contributed by atoms with Crippen LogP contribution in [-0.2, 0) is 9.59 Å². The molecule has 0 aliphatic heterocycles. The van der Waals surface area contributed by atoms with E-state index in [0.29, 0.717) is 23.8 Å². The molecule has 2 rings (SSSR count). The van der Waals surface area contributed by atoms with Crippen LogP contribution in [0.1, 0.15) is 19.3 Å². The van der Waals surface area contributed by atoms with Crippen LogP contribution >= 0.6 is 0 Å². The summed E-state index contributed by atoms with van der Waals surface area (Å²) in [6.45, 7) is 1.07. The van der Waals surface area contributed by atoms with Gasteiger partial charge in [-0.3, -0.25) is 9.59 Å². The molecule has 114 valence electrons. The summed E-state index contributed by atoms with van der Waals surface area (Å²) in [4.78, 5) is 24.5. The standard InChI is InChI=1S/C15H21N3O3/c16-12-3-1-2-4-13(12)18(8-7-15(20)21)10-14(19)17-9-11-5-6-11/h1-4,11H,5-10,16H2,(H,17,19)(H,20,21). The monoisotopic (exact) mass is 291 g/mol. The highest BCUT2D eigenvalue weighted by atomic mass is 16.4. The van der Waals surface area contributed by atoms with E-state index >= 15 is 0 Å². The summed E-state index contributed by atoms with van der Waals surface area (Å²) in [7, 11) is 0. The minimum Gasteiger partial charge on any atom is -0.481 e. The number of carboxylic acids is 1. The quantitative estimate of drug-likeness (QED) is 0.623. The maximum atomic E-state index is 12.0. The van der Waals surface area contributed by atoms with Crippen LogP contribution in [0.25, 0.3) is 0 Å². The van der Waals surface area contributed by atoms with Crippen LogP contribution < -0.4 is 16.0 Å². The van der Waals surface area contributed by atoms with Gasteiger partial charge in [0, 0.05) is 13.1 Å². The van der Waals surface area contributed by atoms with Gasteiger partial charge in [-0.1, -0.05) is 12.1 Å². The molecule has 1 saturated carbocycles. The lowest BCUT2D eigenvalue weighted by Crippen LogP contribution is -2.39. The fourth-order valence-electron chi connectivity index (χ4n) is 2.10. The molecular weight excluding hydrogens is 270 g/mol. The molecule has 1 aromatic carbocycles. The van der Waals surface area contributed by atoms with Crippen molar-refractivity contribution in [3.63, 3.8) is 0 Å². The molecule has 0 radical (unpaired) electrons. The smallest absolute Gasteiger partial charge is 0.305 e. The number of nitrogens with one attached hydrogen (secondary N) is 1. The van der Waals surface area contributed by atoms with E-state index in [-0.39, 0.29) is 25.4 Å². The number of nitrogen functional groups attached to an aromatic ring is 1. The number of carboxylic acid groups (broad SMARTS) is 1. The number of benzene rings is 1. The van der Waals surface area contributed by atoms with Gasteiger partial charge in [0.2, 0.25) is 5.91 Å². The van der Waals surface area contributed by atoms with Crippen LogP contribution in [0.5, 0.6) is 0 Å². The van der Waals surface area contributed by atoms with Crippen molar-refractivity contribution < 1.29 is 14.7 Å². The highest BCUT2D eigenvalue weighted by molar-refractivity contribution is 5.83. The largest absolute Gasteiger partial charge is 0.481 e. The molecule has 4 N–H and O–H groups in total. The molecule has 0 bridgehead atoms. The Labute approximate surface area is 123 Å². The van der Waals surface area contributed by atoms with Gasteiger partial charge in [0.15, 0.2) is 0 Å². The fourth-order valence-corrected chi connectivity index (χ4v) is 2.10. The topological polar surface area (TPSA) is 95.7 Å². The molecule has 6 nitrogen and oxygen atoms in total. The summed E-state index contributed by atoms with van der Waals surface area (Å²) in [5.74, 6) is -0.383. The number of rotatable bonds is 8. The van der Waals surface area contributed by atoms with E-state index in [4.69, 9.17) is 10.8 Å². The predicted molar refractivity (Wildman–Crippen MR) is 81.1 cm³/mol. The molecule has 0 spiro atoms. The predicted octanol–water partition coefficient (Wildman–Crippen LogP) is 1.08. The Kier molecular flexibility index (Phi) is 5.03. The number of nitrogens with zero attached hydrogens (tertiary/aromatic N) is 1. The lowest BCUT2D eigenvalue weighted by atomic mass is 10.2. The molecule has 1 aliphatic carbocycles. The van der Waals surface area contributed by atoms with E-state index in [0.717, 1.165) is 0 Å². The average Bonchev–Trinajstić information content (AvgIpc) is 3.26. The average molecular weight is 291 g/mol. The number of carbonyl (C=O) groups excluding carboxylic acids is 1. The number of nitrogens with two attached hydrogens (primary N) is 1. The van der Waals surface area contributed by atoms with Crippen molar-refractivity contribution in [1.82, 2.24) is 5.32 Å². The summed E-state index contributed by atoms with van der Waals surface area (Å²) in [5.41, 5.74) is 7.15. The van der Waals surface area contributed by atoms with Crippen LogP contribution in [0.15, 0.2) is 24.3 Å². The first-order chi connectivity index (χ1) is 10.1. The maximum absolute atomic E-state index is 12.0. The van der Waals surface area contributed by atoms with Gasteiger partial charge in [0.1, 0.15) is 0 Å². The molecule has 1 fully saturated rings. The Morgan fingerprint density at radius 3 is 2.67 bits per heavy atom. The van der Waals surface area contributed by atoms with Crippen molar-refractivity contribution >= 4 is 23.3 Å². The molecule has 0 atom stereocenters. The molecular formula is C15H21N3O3. The number of hydrogen-bond donors (Lipinski definition) is 3. The van der Waals surface area contributed by atoms with Crippen molar-refractivity contribution in [3.05, 3.63) is 24.3 Å². The van der Waals surface area contributed by atoms with Gasteiger partial charge in [0.25, 0.3) is 0 Å². The van der Waals surface area contributed by atoms with Crippen LogP contribution in [-0.4, -0.2) is 36.6 Å². The van der Waals surface area contributed by atoms with E-state index in [2.05, 4.69) is 5.32 Å². The number of hydrogen-bond acceptors (Lipinski definition) is 4. The fraction of sp³-hybridized carbons (Fsp3) is 0.467. The number of aliphatic carboxylic acids is 1. The summed E-state index contributed by atoms with van der Waals surface area (Å²) in [6, 6.07) is 7.17. The van der Waals surface area contributed by atoms with Crippen molar-refractivity contribution in [3.8, 4) is 0 Å². The van der Waals surface area contributed by atoms with Gasteiger partial charge in [-0.05, 0) is 30.9 Å². The molecule has 1 aliphatic rings. The second-order valence-corrected chi connectivity index (χ2v) is 5.37. The van der Waals surface area contributed by atoms with Gasteiger partial charge in [-0.15, -0.1) is 0 Å². The van der Waals surface area contributed by atoms with E-state index in [1.54, 1.807) is 23.1 Å². The highest BCUT2D eigenvalue weighted by Gasteiger charge is 2.22. The number of amides is 1. The minimum atomic E-state index is -0.895. The van der Waals surface area contributed by atoms with E-state index in [1.165, 1.54) is 12.8 Å². The van der Waals surface area contributed by atoms with Crippen molar-refractivity contribution in [2.24, 2.45) is 5.92 Å². The maximum Gasteiger partial charge on any atom is 0.305 e. The second-order valence-electron chi connectivity index (χ2n) is 5.37. The summed E-state index contributed by atoms with van der Waals surface area (Å²) < 4.78 is 0. The van der Waals surface area contributed by atoms with Gasteiger partial charge >= 0.3 is 5.97 Å². The van der Waals surface area contributed by atoms with Crippen molar-refractivity contribution in [2.45, 2.75) is 19.3 Å². The van der Waals surface area contributed by atoms with Gasteiger partial charge in [-0.2, -0.15) is 0 Å². The molecule has 0 saturated heterocycles. The van der Waals surface area contributed by atoms with E-state index in [9.17, 15) is 9.59 Å². The first kappa shape index (κ1) is 15.2. The molecule has 0 heterocycles. The molecule has 6 heteroatoms. The zero-order valence-electron chi connectivity index (χ0n) is 11.9. The normalized spacial score (nSPS) is 13.7. The second kappa shape index (κ2) is 6.97. The summed E-state index contributed by atoms with van der Waals surface area (Å²) >= 11 is 0. The highest BCUT2D eigenvalue weighted by Crippen LogP contribution is 2.27. The molecule has 0 unspecified atom stereocenters. The van der Waals surface area contributed by atoms with Crippen molar-refractivity contribution in [2.75, 3.05) is 30.3 Å². The lowest BCUT2D eigenvalue weighted by molar-refractivity contribution is -0.136. The zero-order valence-corrected chi connectivity index (χ0v) is 11.9. The van der Waals surface area contributed by atoms with Crippen molar-refractivity contribution in [1.29, 1.82) is 0 Å². The Morgan fingerprint density at radius 2 is 2.05 bits per heavy atom. The Hall–Kier alpha value is -2.24. The Balaban J connectivity index is 1.98. The SMILES string of the molecule is Nc1ccccc1N(CCC(=O)O)CC(=O)NCC1CC1. The number of para-hydroxylation sites is 2. The van der Waals surface area contributed by atoms with Crippen LogP contribution in [0.3, 0.4) is 0 Å². The number of anilines is 2. The van der Waals surface area contributed by atoms with Gasteiger partial charge < -0.3 is 21.1 Å². The third kappa shape index (κ3) is 4.98. The van der Waals surface area contributed by atoms with Gasteiger partial charge in [0.05, 0.1) is 24.3 Å². The minimum absolute atomic E-state index is 0.0375. The van der Waals surface area contributed by atoms with Crippen LogP contribution in [0.2, 0.25) is 0 Å². The number of carbonyl (C=O) groups is 2. The molecule has 1 amide bonds. The van der Waals surface area contributed by atoms with Crippen LogP contribution in [0.4, 0.5) is 11.4 Å². The lowest BCUT2D eigenvalue weighted by Gasteiger charge is -2.25. The Morgan fingerprint density at radius 1 is 1.33 bits per heavy atom.